The third-order valence-corrected chi connectivity index (χ3v) is 6.60. The van der Waals surface area contributed by atoms with Crippen LogP contribution in [0.15, 0.2) is 60.7 Å². The fourth-order valence-electron chi connectivity index (χ4n) is 4.57. The molecule has 1 heterocycles. The summed E-state index contributed by atoms with van der Waals surface area (Å²) in [6, 6.07) is 15.0. The summed E-state index contributed by atoms with van der Waals surface area (Å²) in [4.78, 5) is 52.8. The Morgan fingerprint density at radius 3 is 2.05 bits per heavy atom. The second-order valence-corrected chi connectivity index (χ2v) is 9.81. The van der Waals surface area contributed by atoms with E-state index in [0.29, 0.717) is 25.8 Å². The minimum Gasteiger partial charge on any atom is -0.480 e. The van der Waals surface area contributed by atoms with Crippen LogP contribution < -0.4 is 16.4 Å². The molecular formula is C28H36N4O5. The van der Waals surface area contributed by atoms with Crippen LogP contribution in [0.2, 0.25) is 0 Å². The topological polar surface area (TPSA) is 142 Å². The lowest BCUT2D eigenvalue weighted by Crippen LogP contribution is -2.57. The molecule has 9 heteroatoms. The molecule has 2 aromatic rings. The van der Waals surface area contributed by atoms with Crippen LogP contribution in [-0.2, 0) is 32.0 Å². The van der Waals surface area contributed by atoms with Gasteiger partial charge in [-0.1, -0.05) is 74.5 Å². The normalized spacial score (nSPS) is 17.6. The van der Waals surface area contributed by atoms with Crippen LogP contribution in [0.5, 0.6) is 0 Å². The molecule has 9 nitrogen and oxygen atoms in total. The molecule has 1 saturated heterocycles. The summed E-state index contributed by atoms with van der Waals surface area (Å²) < 4.78 is 0. The first kappa shape index (κ1) is 27.9. The van der Waals surface area contributed by atoms with Crippen LogP contribution in [0.3, 0.4) is 0 Å². The Hall–Kier alpha value is -3.72. The molecule has 4 atom stereocenters. The van der Waals surface area contributed by atoms with E-state index in [1.54, 1.807) is 13.8 Å². The fraction of sp³-hybridized carbons (Fsp3) is 0.429. The maximum absolute atomic E-state index is 13.4. The quantitative estimate of drug-likeness (QED) is 0.362. The first-order valence-electron chi connectivity index (χ1n) is 12.6. The van der Waals surface area contributed by atoms with Crippen molar-refractivity contribution in [1.29, 1.82) is 0 Å². The largest absolute Gasteiger partial charge is 0.480 e. The molecule has 2 aromatic carbocycles. The van der Waals surface area contributed by atoms with E-state index in [9.17, 15) is 24.3 Å². The van der Waals surface area contributed by atoms with E-state index in [1.807, 2.05) is 60.7 Å². The van der Waals surface area contributed by atoms with Crippen molar-refractivity contribution in [3.63, 3.8) is 0 Å². The van der Waals surface area contributed by atoms with Gasteiger partial charge in [-0.25, -0.2) is 4.79 Å². The smallest absolute Gasteiger partial charge is 0.326 e. The summed E-state index contributed by atoms with van der Waals surface area (Å²) in [7, 11) is 0. The highest BCUT2D eigenvalue weighted by Crippen LogP contribution is 2.20. The van der Waals surface area contributed by atoms with Gasteiger partial charge in [0.05, 0.1) is 6.04 Å². The number of benzene rings is 2. The molecule has 37 heavy (non-hydrogen) atoms. The lowest BCUT2D eigenvalue weighted by Gasteiger charge is -2.29. The summed E-state index contributed by atoms with van der Waals surface area (Å²) in [5.41, 5.74) is 7.95. The van der Waals surface area contributed by atoms with Crippen LogP contribution in [0.25, 0.3) is 0 Å². The number of carboxylic acid groups (broad SMARTS) is 1. The number of nitrogens with one attached hydrogen (secondary N) is 2. The zero-order valence-electron chi connectivity index (χ0n) is 21.3. The molecule has 0 bridgehead atoms. The number of likely N-dealkylation sites (tertiary alicyclic amines) is 1. The molecule has 1 aliphatic heterocycles. The molecule has 0 aliphatic carbocycles. The highest BCUT2D eigenvalue weighted by molar-refractivity contribution is 5.94. The van der Waals surface area contributed by atoms with E-state index in [1.165, 1.54) is 4.90 Å². The molecule has 0 saturated carbocycles. The molecule has 0 spiro atoms. The number of hydrogen-bond acceptors (Lipinski definition) is 5. The monoisotopic (exact) mass is 508 g/mol. The number of rotatable bonds is 11. The number of nitrogens with zero attached hydrogens (tertiary/aromatic N) is 1. The minimum atomic E-state index is -1.15. The number of carbonyl (C=O) groups excluding carboxylic acids is 3. The number of amides is 3. The number of hydrogen-bond donors (Lipinski definition) is 4. The van der Waals surface area contributed by atoms with E-state index in [-0.39, 0.29) is 18.2 Å². The Morgan fingerprint density at radius 1 is 0.946 bits per heavy atom. The summed E-state index contributed by atoms with van der Waals surface area (Å²) in [6.45, 7) is 3.80. The van der Waals surface area contributed by atoms with Gasteiger partial charge in [0, 0.05) is 13.0 Å². The second kappa shape index (κ2) is 13.0. The number of carbonyl (C=O) groups is 4. The van der Waals surface area contributed by atoms with Gasteiger partial charge >= 0.3 is 5.97 Å². The summed E-state index contributed by atoms with van der Waals surface area (Å²) >= 11 is 0. The van der Waals surface area contributed by atoms with Crippen molar-refractivity contribution in [3.8, 4) is 0 Å². The lowest BCUT2D eigenvalue weighted by atomic mass is 10.0. The molecule has 198 valence electrons. The predicted molar refractivity (Wildman–Crippen MR) is 139 cm³/mol. The van der Waals surface area contributed by atoms with Crippen LogP contribution in [0.4, 0.5) is 0 Å². The molecule has 3 rings (SSSR count). The van der Waals surface area contributed by atoms with Crippen molar-refractivity contribution in [2.24, 2.45) is 11.7 Å². The van der Waals surface area contributed by atoms with Gasteiger partial charge in [-0.15, -0.1) is 0 Å². The van der Waals surface area contributed by atoms with Crippen molar-refractivity contribution in [2.75, 3.05) is 6.54 Å². The number of aliphatic carboxylic acids is 1. The highest BCUT2D eigenvalue weighted by atomic mass is 16.4. The maximum Gasteiger partial charge on any atom is 0.326 e. The Labute approximate surface area is 217 Å². The van der Waals surface area contributed by atoms with E-state index >= 15 is 0 Å². The van der Waals surface area contributed by atoms with Crippen LogP contribution in [-0.4, -0.2) is 64.4 Å². The van der Waals surface area contributed by atoms with Gasteiger partial charge in [0.25, 0.3) is 0 Å². The zero-order chi connectivity index (χ0) is 26.9. The first-order valence-corrected chi connectivity index (χ1v) is 12.6. The summed E-state index contributed by atoms with van der Waals surface area (Å²) in [6.07, 6.45) is 1.64. The first-order chi connectivity index (χ1) is 17.7. The van der Waals surface area contributed by atoms with E-state index in [2.05, 4.69) is 10.6 Å². The minimum absolute atomic E-state index is 0.178. The van der Waals surface area contributed by atoms with Gasteiger partial charge in [-0.3, -0.25) is 14.4 Å². The standard InChI is InChI=1S/C28H36N4O5/c1-18(2)24(28(36)37)31-25(33)22(17-20-12-7-4-8-13-20)30-26(34)23-14-9-15-32(23)27(35)21(29)16-19-10-5-3-6-11-19/h3-8,10-13,18,21-24H,9,14-17,29H2,1-2H3,(H,30,34)(H,31,33)(H,36,37). The number of nitrogens with two attached hydrogens (primary N) is 1. The van der Waals surface area contributed by atoms with Gasteiger partial charge in [-0.05, 0) is 36.3 Å². The van der Waals surface area contributed by atoms with Gasteiger partial charge in [0.2, 0.25) is 17.7 Å². The van der Waals surface area contributed by atoms with E-state index in [0.717, 1.165) is 11.1 Å². The van der Waals surface area contributed by atoms with Crippen molar-refractivity contribution >= 4 is 23.7 Å². The summed E-state index contributed by atoms with van der Waals surface area (Å²) in [5, 5.41) is 14.9. The third-order valence-electron chi connectivity index (χ3n) is 6.60. The zero-order valence-corrected chi connectivity index (χ0v) is 21.3. The average Bonchev–Trinajstić information content (AvgIpc) is 3.37. The highest BCUT2D eigenvalue weighted by Gasteiger charge is 2.38. The fourth-order valence-corrected chi connectivity index (χ4v) is 4.57. The van der Waals surface area contributed by atoms with Gasteiger partial charge in [-0.2, -0.15) is 0 Å². The Kier molecular flexibility index (Phi) is 9.79. The number of carboxylic acids is 1. The second-order valence-electron chi connectivity index (χ2n) is 9.81. The van der Waals surface area contributed by atoms with Crippen molar-refractivity contribution in [2.45, 2.75) is 63.7 Å². The Bertz CT molecular complexity index is 1080. The van der Waals surface area contributed by atoms with Gasteiger partial charge < -0.3 is 26.4 Å². The predicted octanol–water partition coefficient (Wildman–Crippen LogP) is 1.50. The molecule has 0 radical (unpaired) electrons. The average molecular weight is 509 g/mol. The molecule has 1 fully saturated rings. The van der Waals surface area contributed by atoms with Crippen LogP contribution >= 0.6 is 0 Å². The Balaban J connectivity index is 1.73. The summed E-state index contributed by atoms with van der Waals surface area (Å²) in [5.74, 6) is -2.84. The van der Waals surface area contributed by atoms with E-state index < -0.39 is 42.0 Å². The SMILES string of the molecule is CC(C)C(NC(=O)C(Cc1ccccc1)NC(=O)C1CCCN1C(=O)C(N)Cc1ccccc1)C(=O)O. The van der Waals surface area contributed by atoms with Gasteiger partial charge in [0.15, 0.2) is 0 Å². The molecule has 1 aliphatic rings. The van der Waals surface area contributed by atoms with Crippen LogP contribution in [0.1, 0.15) is 37.8 Å². The molecular weight excluding hydrogens is 472 g/mol. The van der Waals surface area contributed by atoms with Crippen molar-refractivity contribution < 1.29 is 24.3 Å². The maximum atomic E-state index is 13.4. The van der Waals surface area contributed by atoms with Crippen molar-refractivity contribution in [1.82, 2.24) is 15.5 Å². The van der Waals surface area contributed by atoms with Crippen molar-refractivity contribution in [3.05, 3.63) is 71.8 Å². The molecule has 3 amide bonds. The van der Waals surface area contributed by atoms with Gasteiger partial charge in [0.1, 0.15) is 18.1 Å². The Morgan fingerprint density at radius 2 is 1.51 bits per heavy atom. The lowest BCUT2D eigenvalue weighted by molar-refractivity contribution is -0.144. The molecule has 5 N–H and O–H groups in total. The molecule has 4 unspecified atom stereocenters. The third kappa shape index (κ3) is 7.63. The van der Waals surface area contributed by atoms with E-state index in [4.69, 9.17) is 5.73 Å². The van der Waals surface area contributed by atoms with Crippen LogP contribution in [0, 0.1) is 5.92 Å². The molecule has 0 aromatic heterocycles.